The van der Waals surface area contributed by atoms with Gasteiger partial charge < -0.3 is 9.80 Å². The molecule has 0 spiro atoms. The zero-order valence-corrected chi connectivity index (χ0v) is 21.8. The summed E-state index contributed by atoms with van der Waals surface area (Å²) in [6.45, 7) is 4.44. The molecule has 39 heavy (non-hydrogen) atoms. The van der Waals surface area contributed by atoms with Crippen molar-refractivity contribution in [3.63, 3.8) is 0 Å². The standard InChI is InChI=1S/C31H29FN6O/c1-22-28-29(36-16-9-17-37(19-18-36)31(39)24-12-8-13-25(32)21-24)33-27(20-23-10-4-2-5-11-23)34-30(28)38(35-22)26-14-6-3-7-15-26/h2-8,10-15,21H,9,16-20H2,1H3. The van der Waals surface area contributed by atoms with Crippen LogP contribution in [-0.4, -0.2) is 56.7 Å². The maximum Gasteiger partial charge on any atom is 0.254 e. The number of hydrogen-bond donors (Lipinski definition) is 0. The number of para-hydroxylation sites is 1. The van der Waals surface area contributed by atoms with Crippen LogP contribution in [0.4, 0.5) is 10.2 Å². The second-order valence-corrected chi connectivity index (χ2v) is 9.80. The van der Waals surface area contributed by atoms with Crippen LogP contribution >= 0.6 is 0 Å². The van der Waals surface area contributed by atoms with Crippen LogP contribution < -0.4 is 4.90 Å². The van der Waals surface area contributed by atoms with E-state index in [0.717, 1.165) is 52.6 Å². The Kier molecular flexibility index (Phi) is 6.75. The Morgan fingerprint density at radius 3 is 2.41 bits per heavy atom. The Bertz CT molecular complexity index is 1620. The van der Waals surface area contributed by atoms with Crippen LogP contribution in [0.2, 0.25) is 0 Å². The van der Waals surface area contributed by atoms with Crippen molar-refractivity contribution in [1.82, 2.24) is 24.6 Å². The second-order valence-electron chi connectivity index (χ2n) is 9.80. The minimum atomic E-state index is -0.405. The second kappa shape index (κ2) is 10.6. The summed E-state index contributed by atoms with van der Waals surface area (Å²) in [6.07, 6.45) is 1.37. The molecule has 5 aromatic rings. The fourth-order valence-electron chi connectivity index (χ4n) is 5.18. The molecule has 0 saturated carbocycles. The molecular formula is C31H29FN6O. The van der Waals surface area contributed by atoms with Crippen LogP contribution in [0.25, 0.3) is 16.7 Å². The van der Waals surface area contributed by atoms with Crippen molar-refractivity contribution in [1.29, 1.82) is 0 Å². The van der Waals surface area contributed by atoms with Crippen molar-refractivity contribution in [2.45, 2.75) is 19.8 Å². The van der Waals surface area contributed by atoms with E-state index in [1.54, 1.807) is 17.0 Å². The van der Waals surface area contributed by atoms with E-state index < -0.39 is 5.82 Å². The van der Waals surface area contributed by atoms with Crippen LogP contribution in [0, 0.1) is 12.7 Å². The van der Waals surface area contributed by atoms with Crippen LogP contribution in [0.5, 0.6) is 0 Å². The molecule has 0 unspecified atom stereocenters. The SMILES string of the molecule is Cc1nn(-c2ccccc2)c2nc(Cc3ccccc3)nc(N3CCCN(C(=O)c4cccc(F)c4)CC3)c12. The quantitative estimate of drug-likeness (QED) is 0.318. The first-order valence-corrected chi connectivity index (χ1v) is 13.2. The van der Waals surface area contributed by atoms with E-state index >= 15 is 0 Å². The highest BCUT2D eigenvalue weighted by molar-refractivity contribution is 5.94. The molecule has 3 aromatic carbocycles. The summed E-state index contributed by atoms with van der Waals surface area (Å²) in [6, 6.07) is 26.1. The number of hydrogen-bond acceptors (Lipinski definition) is 5. The third kappa shape index (κ3) is 5.10. The lowest BCUT2D eigenvalue weighted by molar-refractivity contribution is 0.0766. The van der Waals surface area contributed by atoms with Gasteiger partial charge in [0.15, 0.2) is 5.65 Å². The van der Waals surface area contributed by atoms with Gasteiger partial charge in [0.25, 0.3) is 5.91 Å². The number of anilines is 1. The fourth-order valence-corrected chi connectivity index (χ4v) is 5.18. The summed E-state index contributed by atoms with van der Waals surface area (Å²) >= 11 is 0. The number of carbonyl (C=O) groups is 1. The lowest BCUT2D eigenvalue weighted by Gasteiger charge is -2.24. The molecule has 8 heteroatoms. The maximum absolute atomic E-state index is 13.8. The summed E-state index contributed by atoms with van der Waals surface area (Å²) < 4.78 is 15.7. The number of carbonyl (C=O) groups excluding carboxylic acids is 1. The van der Waals surface area contributed by atoms with E-state index in [4.69, 9.17) is 15.1 Å². The van der Waals surface area contributed by atoms with Gasteiger partial charge in [-0.05, 0) is 49.2 Å². The van der Waals surface area contributed by atoms with E-state index in [0.29, 0.717) is 31.6 Å². The molecule has 0 aliphatic carbocycles. The normalized spacial score (nSPS) is 14.0. The Morgan fingerprint density at radius 1 is 0.872 bits per heavy atom. The summed E-state index contributed by atoms with van der Waals surface area (Å²) in [5.41, 5.74) is 4.07. The van der Waals surface area contributed by atoms with Crippen molar-refractivity contribution in [3.05, 3.63) is 113 Å². The molecule has 1 aliphatic rings. The Balaban J connectivity index is 1.37. The van der Waals surface area contributed by atoms with E-state index in [1.807, 2.05) is 60.1 Å². The minimum Gasteiger partial charge on any atom is -0.354 e. The zero-order valence-electron chi connectivity index (χ0n) is 21.8. The van der Waals surface area contributed by atoms with Crippen molar-refractivity contribution < 1.29 is 9.18 Å². The number of nitrogens with zero attached hydrogens (tertiary/aromatic N) is 6. The highest BCUT2D eigenvalue weighted by atomic mass is 19.1. The average molecular weight is 521 g/mol. The third-order valence-corrected chi connectivity index (χ3v) is 7.09. The van der Waals surface area contributed by atoms with Gasteiger partial charge in [0, 0.05) is 38.2 Å². The smallest absolute Gasteiger partial charge is 0.254 e. The van der Waals surface area contributed by atoms with Gasteiger partial charge in [-0.1, -0.05) is 54.6 Å². The number of amides is 1. The summed E-state index contributed by atoms with van der Waals surface area (Å²) in [5, 5.41) is 5.78. The molecule has 1 amide bonds. The fraction of sp³-hybridized carbons (Fsp3) is 0.226. The lowest BCUT2D eigenvalue weighted by Crippen LogP contribution is -2.35. The molecule has 0 N–H and O–H groups in total. The predicted octanol–water partition coefficient (Wildman–Crippen LogP) is 5.21. The van der Waals surface area contributed by atoms with Crippen LogP contribution in [-0.2, 0) is 6.42 Å². The number of halogens is 1. The van der Waals surface area contributed by atoms with Crippen molar-refractivity contribution >= 4 is 22.8 Å². The summed E-state index contributed by atoms with van der Waals surface area (Å²) in [5.74, 6) is 1.00. The van der Waals surface area contributed by atoms with Crippen LogP contribution in [0.15, 0.2) is 84.9 Å². The maximum atomic E-state index is 13.8. The van der Waals surface area contributed by atoms with Crippen molar-refractivity contribution in [2.75, 3.05) is 31.1 Å². The van der Waals surface area contributed by atoms with Gasteiger partial charge in [-0.25, -0.2) is 19.0 Å². The first-order valence-electron chi connectivity index (χ1n) is 13.2. The number of fused-ring (bicyclic) bond motifs is 1. The van der Waals surface area contributed by atoms with Crippen molar-refractivity contribution in [2.24, 2.45) is 0 Å². The van der Waals surface area contributed by atoms with Gasteiger partial charge in [-0.2, -0.15) is 5.10 Å². The average Bonchev–Trinajstić information content (AvgIpc) is 3.12. The zero-order chi connectivity index (χ0) is 26.8. The molecular weight excluding hydrogens is 491 g/mol. The van der Waals surface area contributed by atoms with E-state index in [1.165, 1.54) is 12.1 Å². The van der Waals surface area contributed by atoms with Gasteiger partial charge in [0.05, 0.1) is 16.8 Å². The molecule has 7 nitrogen and oxygen atoms in total. The van der Waals surface area contributed by atoms with Crippen LogP contribution in [0.3, 0.4) is 0 Å². The number of benzene rings is 3. The van der Waals surface area contributed by atoms with Crippen LogP contribution in [0.1, 0.15) is 33.9 Å². The van der Waals surface area contributed by atoms with Gasteiger partial charge in [-0.3, -0.25) is 4.79 Å². The van der Waals surface area contributed by atoms with Gasteiger partial charge in [0.2, 0.25) is 0 Å². The number of aromatic nitrogens is 4. The molecule has 6 rings (SSSR count). The van der Waals surface area contributed by atoms with Gasteiger partial charge in [0.1, 0.15) is 17.5 Å². The van der Waals surface area contributed by atoms with E-state index in [2.05, 4.69) is 17.0 Å². The molecule has 196 valence electrons. The molecule has 1 aliphatic heterocycles. The highest BCUT2D eigenvalue weighted by Gasteiger charge is 2.25. The molecule has 1 saturated heterocycles. The molecule has 3 heterocycles. The molecule has 0 atom stereocenters. The summed E-state index contributed by atoms with van der Waals surface area (Å²) in [7, 11) is 0. The largest absolute Gasteiger partial charge is 0.354 e. The number of aryl methyl sites for hydroxylation is 1. The Labute approximate surface area is 226 Å². The Hall–Kier alpha value is -4.59. The monoisotopic (exact) mass is 520 g/mol. The highest BCUT2D eigenvalue weighted by Crippen LogP contribution is 2.30. The first kappa shape index (κ1) is 24.7. The third-order valence-electron chi connectivity index (χ3n) is 7.09. The molecule has 0 bridgehead atoms. The first-order chi connectivity index (χ1) is 19.1. The Morgan fingerprint density at radius 2 is 1.64 bits per heavy atom. The molecule has 2 aromatic heterocycles. The van der Waals surface area contributed by atoms with E-state index in [9.17, 15) is 9.18 Å². The summed E-state index contributed by atoms with van der Waals surface area (Å²) in [4.78, 5) is 27.3. The molecule has 1 fully saturated rings. The predicted molar refractivity (Wildman–Crippen MR) is 150 cm³/mol. The molecule has 0 radical (unpaired) electrons. The number of rotatable bonds is 5. The van der Waals surface area contributed by atoms with Crippen molar-refractivity contribution in [3.8, 4) is 5.69 Å². The topological polar surface area (TPSA) is 67.2 Å². The minimum absolute atomic E-state index is 0.151. The van der Waals surface area contributed by atoms with E-state index in [-0.39, 0.29) is 5.91 Å². The van der Waals surface area contributed by atoms with Gasteiger partial charge >= 0.3 is 0 Å². The van der Waals surface area contributed by atoms with Gasteiger partial charge in [-0.15, -0.1) is 0 Å². The lowest BCUT2D eigenvalue weighted by atomic mass is 10.1.